The van der Waals surface area contributed by atoms with E-state index >= 15 is 0 Å². The number of rotatable bonds is 8. The number of fused-ring (bicyclic) bond motifs is 1. The maximum Gasteiger partial charge on any atom is 0.262 e. The smallest absolute Gasteiger partial charge is 0.262 e. The molecule has 1 aromatic carbocycles. The molecule has 3 heterocycles. The second-order valence-electron chi connectivity index (χ2n) is 8.14. The Morgan fingerprint density at radius 3 is 2.73 bits per heavy atom. The summed E-state index contributed by atoms with van der Waals surface area (Å²) in [5.41, 5.74) is 0. The van der Waals surface area contributed by atoms with Crippen LogP contribution in [0.25, 0.3) is 0 Å². The number of hydrogen-bond donors (Lipinski definition) is 2. The Bertz CT molecular complexity index is 1090. The zero-order valence-corrected chi connectivity index (χ0v) is 19.4. The molecule has 33 heavy (non-hydrogen) atoms. The molecule has 1 aromatic heterocycles. The van der Waals surface area contributed by atoms with Gasteiger partial charge in [0.05, 0.1) is 0 Å². The topological polar surface area (TPSA) is 132 Å². The van der Waals surface area contributed by atoms with E-state index in [2.05, 4.69) is 10.3 Å². The van der Waals surface area contributed by atoms with Gasteiger partial charge in [0.25, 0.3) is 10.0 Å². The highest BCUT2D eigenvalue weighted by Gasteiger charge is 2.33. The van der Waals surface area contributed by atoms with Crippen molar-refractivity contribution in [1.29, 1.82) is 0 Å². The number of nitrogens with zero attached hydrogens (tertiary/aromatic N) is 3. The number of aliphatic hydroxyl groups excluding tert-OH is 1. The fourth-order valence-corrected chi connectivity index (χ4v) is 5.22. The molecule has 1 saturated heterocycles. The number of piperidine rings is 1. The van der Waals surface area contributed by atoms with Crippen molar-refractivity contribution in [3.8, 4) is 17.2 Å². The van der Waals surface area contributed by atoms with Gasteiger partial charge in [0.15, 0.2) is 16.5 Å². The van der Waals surface area contributed by atoms with Gasteiger partial charge in [-0.25, -0.2) is 13.4 Å². The molecule has 0 saturated carbocycles. The number of carbonyl (C=O) groups is 1. The summed E-state index contributed by atoms with van der Waals surface area (Å²) in [6.45, 7) is 2.43. The number of ether oxygens (including phenoxy) is 3. The Labute approximate surface area is 192 Å². The van der Waals surface area contributed by atoms with Crippen molar-refractivity contribution in [2.24, 2.45) is 13.0 Å². The van der Waals surface area contributed by atoms with Crippen LogP contribution in [0.1, 0.15) is 18.7 Å². The van der Waals surface area contributed by atoms with Crippen LogP contribution in [-0.2, 0) is 21.9 Å². The van der Waals surface area contributed by atoms with Crippen molar-refractivity contribution < 1.29 is 32.5 Å². The normalized spacial score (nSPS) is 17.7. The molecule has 0 bridgehead atoms. The van der Waals surface area contributed by atoms with Crippen molar-refractivity contribution in [3.63, 3.8) is 0 Å². The number of amides is 1. The van der Waals surface area contributed by atoms with Gasteiger partial charge < -0.3 is 29.2 Å². The fourth-order valence-electron chi connectivity index (χ4n) is 3.72. The van der Waals surface area contributed by atoms with E-state index < -0.39 is 16.1 Å². The van der Waals surface area contributed by atoms with E-state index in [1.54, 1.807) is 36.7 Å². The number of nitrogens with one attached hydrogen (secondary N) is 1. The highest BCUT2D eigenvalue weighted by atomic mass is 32.2. The molecule has 0 spiro atoms. The molecular weight excluding hydrogens is 452 g/mol. The lowest BCUT2D eigenvalue weighted by atomic mass is 9.97. The van der Waals surface area contributed by atoms with E-state index in [1.165, 1.54) is 10.5 Å². The van der Waals surface area contributed by atoms with Crippen LogP contribution in [0.4, 0.5) is 0 Å². The van der Waals surface area contributed by atoms with Crippen molar-refractivity contribution in [1.82, 2.24) is 19.2 Å². The molecule has 1 atom stereocenters. The molecule has 2 aromatic rings. The molecule has 2 aliphatic rings. The molecule has 1 amide bonds. The lowest BCUT2D eigenvalue weighted by molar-refractivity contribution is -0.126. The molecule has 12 heteroatoms. The van der Waals surface area contributed by atoms with Gasteiger partial charge in [-0.3, -0.25) is 4.79 Å². The van der Waals surface area contributed by atoms with Crippen LogP contribution >= 0.6 is 0 Å². The Morgan fingerprint density at radius 1 is 1.30 bits per heavy atom. The molecule has 180 valence electrons. The van der Waals surface area contributed by atoms with Gasteiger partial charge in [-0.05, 0) is 31.9 Å². The van der Waals surface area contributed by atoms with Crippen molar-refractivity contribution in [2.75, 3.05) is 33.0 Å². The summed E-state index contributed by atoms with van der Waals surface area (Å²) in [7, 11) is -1.94. The summed E-state index contributed by atoms with van der Waals surface area (Å²) < 4.78 is 44.7. The average molecular weight is 481 g/mol. The Morgan fingerprint density at radius 2 is 2.03 bits per heavy atom. The minimum absolute atomic E-state index is 0.000103. The van der Waals surface area contributed by atoms with Crippen LogP contribution in [0.15, 0.2) is 29.4 Å². The molecule has 0 radical (unpaired) electrons. The SMILES string of the molecule is Cc1nc(S(=O)(=O)N2CCC(C(=O)NCC(O)COc3ccc4c(c3)OCO4)CC2)cn1C. The van der Waals surface area contributed by atoms with Crippen molar-refractivity contribution >= 4 is 15.9 Å². The quantitative estimate of drug-likeness (QED) is 0.555. The second kappa shape index (κ2) is 9.57. The van der Waals surface area contributed by atoms with Crippen LogP contribution < -0.4 is 19.5 Å². The number of imidazole rings is 1. The maximum atomic E-state index is 12.8. The molecule has 1 unspecified atom stereocenters. The minimum Gasteiger partial charge on any atom is -0.491 e. The Balaban J connectivity index is 1.20. The first-order valence-corrected chi connectivity index (χ1v) is 12.2. The van der Waals surface area contributed by atoms with E-state index in [0.717, 1.165) is 0 Å². The van der Waals surface area contributed by atoms with Gasteiger partial charge in [-0.2, -0.15) is 4.31 Å². The summed E-state index contributed by atoms with van der Waals surface area (Å²) in [6, 6.07) is 5.13. The molecular formula is C21H28N4O7S. The first-order valence-electron chi connectivity index (χ1n) is 10.7. The Hall–Kier alpha value is -2.83. The summed E-state index contributed by atoms with van der Waals surface area (Å²) in [4.78, 5) is 16.6. The zero-order chi connectivity index (χ0) is 23.6. The van der Waals surface area contributed by atoms with Crippen LogP contribution in [0.5, 0.6) is 17.2 Å². The van der Waals surface area contributed by atoms with Gasteiger partial charge in [0.2, 0.25) is 12.7 Å². The first kappa shape index (κ1) is 23.3. The third kappa shape index (κ3) is 5.23. The van der Waals surface area contributed by atoms with E-state index in [1.807, 2.05) is 0 Å². The minimum atomic E-state index is -3.68. The first-order chi connectivity index (χ1) is 15.7. The molecule has 2 N–H and O–H groups in total. The largest absolute Gasteiger partial charge is 0.491 e. The number of aryl methyl sites for hydroxylation is 2. The van der Waals surface area contributed by atoms with Crippen molar-refractivity contribution in [2.45, 2.75) is 30.9 Å². The molecule has 2 aliphatic heterocycles. The highest BCUT2D eigenvalue weighted by molar-refractivity contribution is 7.89. The van der Waals surface area contributed by atoms with E-state index in [-0.39, 0.29) is 49.9 Å². The lowest BCUT2D eigenvalue weighted by Crippen LogP contribution is -2.44. The molecule has 0 aliphatic carbocycles. The summed E-state index contributed by atoms with van der Waals surface area (Å²) >= 11 is 0. The lowest BCUT2D eigenvalue weighted by Gasteiger charge is -2.30. The number of sulfonamides is 1. The van der Waals surface area contributed by atoms with Crippen LogP contribution in [-0.4, -0.2) is 72.4 Å². The van der Waals surface area contributed by atoms with Gasteiger partial charge in [-0.1, -0.05) is 0 Å². The zero-order valence-electron chi connectivity index (χ0n) is 18.6. The predicted molar refractivity (Wildman–Crippen MR) is 117 cm³/mol. The number of carbonyl (C=O) groups excluding carboxylic acids is 1. The summed E-state index contributed by atoms with van der Waals surface area (Å²) in [5, 5.41) is 12.9. The van der Waals surface area contributed by atoms with Crippen LogP contribution in [0.2, 0.25) is 0 Å². The van der Waals surface area contributed by atoms with Gasteiger partial charge in [-0.15, -0.1) is 0 Å². The third-order valence-electron chi connectivity index (χ3n) is 5.81. The van der Waals surface area contributed by atoms with Crippen LogP contribution in [0, 0.1) is 12.8 Å². The maximum absolute atomic E-state index is 12.8. The highest BCUT2D eigenvalue weighted by Crippen LogP contribution is 2.35. The fraction of sp³-hybridized carbons (Fsp3) is 0.524. The van der Waals surface area contributed by atoms with Gasteiger partial charge in [0.1, 0.15) is 24.3 Å². The van der Waals surface area contributed by atoms with Crippen LogP contribution in [0.3, 0.4) is 0 Å². The summed E-state index contributed by atoms with van der Waals surface area (Å²) in [5.74, 6) is 1.85. The summed E-state index contributed by atoms with van der Waals surface area (Å²) in [6.07, 6.45) is 1.41. The van der Waals surface area contributed by atoms with Gasteiger partial charge in [0, 0.05) is 44.9 Å². The number of hydrogen-bond acceptors (Lipinski definition) is 8. The number of aliphatic hydroxyl groups is 1. The third-order valence-corrected chi connectivity index (χ3v) is 7.58. The second-order valence-corrected chi connectivity index (χ2v) is 10.0. The van der Waals surface area contributed by atoms with Crippen molar-refractivity contribution in [3.05, 3.63) is 30.2 Å². The van der Waals surface area contributed by atoms with E-state index in [9.17, 15) is 18.3 Å². The molecule has 1 fully saturated rings. The molecule has 4 rings (SSSR count). The monoisotopic (exact) mass is 480 g/mol. The Kier molecular flexibility index (Phi) is 6.77. The standard InChI is InChI=1S/C21H28N4O7S/c1-14-23-20(11-24(14)2)33(28,29)25-7-5-15(6-8-25)21(27)22-10-16(26)12-30-17-3-4-18-19(9-17)32-13-31-18/h3-4,9,11,15-16,26H,5-8,10,12-13H2,1-2H3,(H,22,27). The number of aromatic nitrogens is 2. The average Bonchev–Trinajstić information content (AvgIpc) is 3.42. The van der Waals surface area contributed by atoms with Gasteiger partial charge >= 0.3 is 0 Å². The van der Waals surface area contributed by atoms with E-state index in [4.69, 9.17) is 14.2 Å². The number of benzene rings is 1. The molecule has 11 nitrogen and oxygen atoms in total. The predicted octanol–water partition coefficient (Wildman–Crippen LogP) is 0.414. The van der Waals surface area contributed by atoms with E-state index in [0.29, 0.717) is 35.9 Å².